The molecular formula is C25H20O. The maximum absolute atomic E-state index is 6.70. The van der Waals surface area contributed by atoms with Gasteiger partial charge in [0.05, 0.1) is 0 Å². The summed E-state index contributed by atoms with van der Waals surface area (Å²) in [6.07, 6.45) is 1.01. The Morgan fingerprint density at radius 2 is 1.27 bits per heavy atom. The summed E-state index contributed by atoms with van der Waals surface area (Å²) in [4.78, 5) is 0. The van der Waals surface area contributed by atoms with Crippen LogP contribution >= 0.6 is 0 Å². The van der Waals surface area contributed by atoms with Crippen molar-refractivity contribution in [1.29, 1.82) is 0 Å². The van der Waals surface area contributed by atoms with Gasteiger partial charge in [0.25, 0.3) is 0 Å². The summed E-state index contributed by atoms with van der Waals surface area (Å²) in [5.74, 6) is 1.36. The lowest BCUT2D eigenvalue weighted by atomic mass is 9.81. The molecule has 26 heavy (non-hydrogen) atoms. The fourth-order valence-corrected chi connectivity index (χ4v) is 4.08. The molecule has 0 fully saturated rings. The molecule has 1 nitrogen and oxygen atoms in total. The smallest absolute Gasteiger partial charge is 0.131 e. The highest BCUT2D eigenvalue weighted by molar-refractivity contribution is 5.89. The lowest BCUT2D eigenvalue weighted by Crippen LogP contribution is -2.24. The Labute approximate surface area is 153 Å². The molecule has 126 valence electrons. The molecule has 0 radical (unpaired) electrons. The zero-order valence-corrected chi connectivity index (χ0v) is 14.5. The van der Waals surface area contributed by atoms with Gasteiger partial charge >= 0.3 is 0 Å². The van der Waals surface area contributed by atoms with E-state index in [0.29, 0.717) is 5.92 Å². The van der Waals surface area contributed by atoms with Crippen LogP contribution in [0.5, 0.6) is 5.75 Å². The topological polar surface area (TPSA) is 9.23 Å². The lowest BCUT2D eigenvalue weighted by Gasteiger charge is -2.35. The van der Waals surface area contributed by atoms with Crippen LogP contribution in [-0.2, 0) is 6.42 Å². The van der Waals surface area contributed by atoms with Gasteiger partial charge in [-0.3, -0.25) is 0 Å². The van der Waals surface area contributed by atoms with Crippen LogP contribution < -0.4 is 4.74 Å². The zero-order valence-electron chi connectivity index (χ0n) is 14.5. The average Bonchev–Trinajstić information content (AvgIpc) is 2.74. The summed E-state index contributed by atoms with van der Waals surface area (Å²) < 4.78 is 6.70. The maximum atomic E-state index is 6.70. The van der Waals surface area contributed by atoms with E-state index >= 15 is 0 Å². The van der Waals surface area contributed by atoms with E-state index < -0.39 is 0 Å². The summed E-state index contributed by atoms with van der Waals surface area (Å²) >= 11 is 0. The molecule has 1 heterocycles. The average molecular weight is 336 g/mol. The van der Waals surface area contributed by atoms with Gasteiger partial charge in [0.1, 0.15) is 11.9 Å². The van der Waals surface area contributed by atoms with Gasteiger partial charge < -0.3 is 4.74 Å². The van der Waals surface area contributed by atoms with Crippen molar-refractivity contribution in [2.45, 2.75) is 18.4 Å². The monoisotopic (exact) mass is 336 g/mol. The second-order valence-electron chi connectivity index (χ2n) is 6.95. The first-order valence-electron chi connectivity index (χ1n) is 9.17. The number of ether oxygens (including phenoxy) is 1. The molecule has 0 spiro atoms. The van der Waals surface area contributed by atoms with E-state index in [4.69, 9.17) is 4.74 Å². The molecule has 0 amide bonds. The van der Waals surface area contributed by atoms with Crippen LogP contribution in [0.3, 0.4) is 0 Å². The number of hydrogen-bond acceptors (Lipinski definition) is 1. The quantitative estimate of drug-likeness (QED) is 0.417. The van der Waals surface area contributed by atoms with Gasteiger partial charge in [-0.2, -0.15) is 0 Å². The summed E-state index contributed by atoms with van der Waals surface area (Å²) in [6, 6.07) is 34.3. The summed E-state index contributed by atoms with van der Waals surface area (Å²) in [5, 5.41) is 2.44. The third-order valence-electron chi connectivity index (χ3n) is 5.37. The predicted molar refractivity (Wildman–Crippen MR) is 107 cm³/mol. The normalized spacial score (nSPS) is 18.9. The van der Waals surface area contributed by atoms with Gasteiger partial charge in [-0.15, -0.1) is 0 Å². The van der Waals surface area contributed by atoms with Gasteiger partial charge in [-0.25, -0.2) is 0 Å². The van der Waals surface area contributed by atoms with E-state index in [1.165, 1.54) is 27.5 Å². The van der Waals surface area contributed by atoms with Crippen molar-refractivity contribution in [3.8, 4) is 5.75 Å². The summed E-state index contributed by atoms with van der Waals surface area (Å²) in [6.45, 7) is 0. The number of hydrogen-bond donors (Lipinski definition) is 0. The van der Waals surface area contributed by atoms with E-state index in [-0.39, 0.29) is 6.10 Å². The molecule has 4 aromatic carbocycles. The van der Waals surface area contributed by atoms with Gasteiger partial charge in [-0.05, 0) is 28.5 Å². The van der Waals surface area contributed by atoms with Gasteiger partial charge in [0.15, 0.2) is 0 Å². The SMILES string of the molecule is c1ccc(C2Cc3ccc4ccccc4c3OC2c2ccccc2)cc1. The van der Waals surface area contributed by atoms with Crippen molar-refractivity contribution in [3.05, 3.63) is 114 Å². The molecule has 0 N–H and O–H groups in total. The van der Waals surface area contributed by atoms with E-state index in [1.54, 1.807) is 0 Å². The fraction of sp³-hybridized carbons (Fsp3) is 0.120. The van der Waals surface area contributed by atoms with Crippen LogP contribution in [0.1, 0.15) is 28.7 Å². The van der Waals surface area contributed by atoms with Crippen molar-refractivity contribution in [1.82, 2.24) is 0 Å². The van der Waals surface area contributed by atoms with Crippen molar-refractivity contribution in [2.75, 3.05) is 0 Å². The van der Waals surface area contributed by atoms with Crippen LogP contribution in [0.4, 0.5) is 0 Å². The zero-order chi connectivity index (χ0) is 17.3. The van der Waals surface area contributed by atoms with Crippen LogP contribution in [0.25, 0.3) is 10.8 Å². The Morgan fingerprint density at radius 1 is 0.615 bits per heavy atom. The van der Waals surface area contributed by atoms with E-state index in [9.17, 15) is 0 Å². The summed E-state index contributed by atoms with van der Waals surface area (Å²) in [7, 11) is 0. The second-order valence-corrected chi connectivity index (χ2v) is 6.95. The molecule has 0 saturated heterocycles. The van der Waals surface area contributed by atoms with E-state index in [0.717, 1.165) is 12.2 Å². The Morgan fingerprint density at radius 3 is 2.04 bits per heavy atom. The molecule has 0 saturated carbocycles. The molecule has 1 heteroatoms. The summed E-state index contributed by atoms with van der Waals surface area (Å²) in [5.41, 5.74) is 3.87. The van der Waals surface area contributed by atoms with Crippen LogP contribution in [0, 0.1) is 0 Å². The van der Waals surface area contributed by atoms with Crippen molar-refractivity contribution in [3.63, 3.8) is 0 Å². The second kappa shape index (κ2) is 6.34. The first-order chi connectivity index (χ1) is 12.9. The lowest BCUT2D eigenvalue weighted by molar-refractivity contribution is 0.154. The van der Waals surface area contributed by atoms with Crippen molar-refractivity contribution in [2.24, 2.45) is 0 Å². The molecule has 5 rings (SSSR count). The Balaban J connectivity index is 1.67. The largest absolute Gasteiger partial charge is 0.484 e. The molecule has 0 aliphatic carbocycles. The third-order valence-corrected chi connectivity index (χ3v) is 5.37. The van der Waals surface area contributed by atoms with E-state index in [1.807, 2.05) is 0 Å². The highest BCUT2D eigenvalue weighted by Gasteiger charge is 2.33. The number of benzene rings is 4. The maximum Gasteiger partial charge on any atom is 0.131 e. The van der Waals surface area contributed by atoms with Gasteiger partial charge in [-0.1, -0.05) is 97.1 Å². The number of fused-ring (bicyclic) bond motifs is 3. The first kappa shape index (κ1) is 15.2. The predicted octanol–water partition coefficient (Wildman–Crippen LogP) is 6.30. The molecule has 2 atom stereocenters. The third kappa shape index (κ3) is 2.57. The first-order valence-corrected chi connectivity index (χ1v) is 9.17. The molecule has 1 aliphatic rings. The molecule has 2 unspecified atom stereocenters. The minimum Gasteiger partial charge on any atom is -0.484 e. The highest BCUT2D eigenvalue weighted by Crippen LogP contribution is 2.46. The van der Waals surface area contributed by atoms with Crippen molar-refractivity contribution >= 4 is 10.8 Å². The van der Waals surface area contributed by atoms with Gasteiger partial charge in [0.2, 0.25) is 0 Å². The molecule has 0 bridgehead atoms. The minimum absolute atomic E-state index is 0.0249. The molecule has 4 aromatic rings. The Kier molecular flexibility index (Phi) is 3.71. The Hall–Kier alpha value is -3.06. The standard InChI is InChI=1S/C25H20O/c1-3-9-18(10-4-1)23-17-21-16-15-19-11-7-8-14-22(19)25(21)26-24(23)20-12-5-2-6-13-20/h1-16,23-24H,17H2. The fourth-order valence-electron chi connectivity index (χ4n) is 4.08. The molecule has 0 aromatic heterocycles. The molecule has 1 aliphatic heterocycles. The minimum atomic E-state index is 0.0249. The number of rotatable bonds is 2. The van der Waals surface area contributed by atoms with Crippen molar-refractivity contribution < 1.29 is 4.74 Å². The van der Waals surface area contributed by atoms with E-state index in [2.05, 4.69) is 97.1 Å². The van der Waals surface area contributed by atoms with Crippen LogP contribution in [0.2, 0.25) is 0 Å². The van der Waals surface area contributed by atoms with Crippen LogP contribution in [0.15, 0.2) is 97.1 Å². The van der Waals surface area contributed by atoms with Gasteiger partial charge in [0, 0.05) is 11.3 Å². The molecular weight excluding hydrogens is 316 g/mol. The Bertz CT molecular complexity index is 1040. The van der Waals surface area contributed by atoms with Crippen LogP contribution in [-0.4, -0.2) is 0 Å². The highest BCUT2D eigenvalue weighted by atomic mass is 16.5.